The number of aliphatic hydroxyl groups excluding tert-OH is 13. The maximum Gasteiger partial charge on any atom is 0.187 e. The van der Waals surface area contributed by atoms with Crippen molar-refractivity contribution in [3.8, 4) is 0 Å². The smallest absolute Gasteiger partial charge is 0.187 e. The molecule has 0 spiro atoms. The van der Waals surface area contributed by atoms with E-state index in [0.717, 1.165) is 128 Å². The average molecular weight is 1840 g/mol. The first-order valence-electron chi connectivity index (χ1n) is 51.8. The number of carbonyl (C=O) groups excluding carboxylic acids is 3. The minimum absolute atomic E-state index is 0.0107. The van der Waals surface area contributed by atoms with Gasteiger partial charge in [0.2, 0.25) is 0 Å². The molecule has 748 valence electrons. The lowest BCUT2D eigenvalue weighted by atomic mass is 9.34. The van der Waals surface area contributed by atoms with Gasteiger partial charge in [-0.2, -0.15) is 0 Å². The molecular weight excluding hydrogens is 1660 g/mol. The Morgan fingerprint density at radius 1 is 0.389 bits per heavy atom. The molecule has 0 aromatic rings. The highest BCUT2D eigenvalue weighted by Gasteiger charge is 2.77. The minimum atomic E-state index is -1.52. The molecule has 21 heteroatoms. The molecule has 15 aliphatic rings. The maximum absolute atomic E-state index is 14.7. The van der Waals surface area contributed by atoms with Crippen molar-refractivity contribution < 1.29 is 104 Å². The van der Waals surface area contributed by atoms with E-state index in [4.69, 9.17) is 23.7 Å². The summed E-state index contributed by atoms with van der Waals surface area (Å²) >= 11 is 0. The van der Waals surface area contributed by atoms with Crippen molar-refractivity contribution in [3.05, 3.63) is 47.1 Å². The number of allylic oxidation sites excluding steroid dienone is 8. The predicted molar refractivity (Wildman–Crippen MR) is 507 cm³/mol. The Kier molecular flexibility index (Phi) is 30.3. The number of hydrogen-bond donors (Lipinski definition) is 13. The predicted octanol–water partition coefficient (Wildman–Crippen LogP) is 16.3. The van der Waals surface area contributed by atoms with Crippen LogP contribution in [0.4, 0.5) is 0 Å². The number of Topliss-reactive ketones (excluding diaryl/α,β-unsaturated/α-hetero) is 3. The fourth-order valence-electron chi connectivity index (χ4n) is 35.0. The highest BCUT2D eigenvalue weighted by Crippen LogP contribution is 2.80. The molecule has 0 amide bonds. The summed E-state index contributed by atoms with van der Waals surface area (Å²) < 4.78 is 32.1. The first-order valence-corrected chi connectivity index (χ1v) is 51.8. The number of carbonyl (C=O) groups is 3. The monoisotopic (exact) mass is 1840 g/mol. The van der Waals surface area contributed by atoms with Crippen molar-refractivity contribution in [3.63, 3.8) is 0 Å². The third-order valence-corrected chi connectivity index (χ3v) is 43.3. The summed E-state index contributed by atoms with van der Waals surface area (Å²) in [5, 5.41) is 137. The maximum atomic E-state index is 14.7. The molecule has 2 aliphatic heterocycles. The van der Waals surface area contributed by atoms with Gasteiger partial charge in [0.1, 0.15) is 78.4 Å². The van der Waals surface area contributed by atoms with E-state index in [2.05, 4.69) is 183 Å². The van der Waals surface area contributed by atoms with Crippen LogP contribution in [0.15, 0.2) is 47.1 Å². The Hall–Kier alpha value is -2.75. The molecule has 0 bridgehead atoms. The van der Waals surface area contributed by atoms with Crippen LogP contribution in [0.25, 0.3) is 0 Å². The molecule has 18 unspecified atom stereocenters. The van der Waals surface area contributed by atoms with Crippen LogP contribution in [-0.4, -0.2) is 212 Å². The number of fused-ring (bicyclic) bond motifs is 15. The first kappa shape index (κ1) is 106. The first-order chi connectivity index (χ1) is 60.7. The van der Waals surface area contributed by atoms with Gasteiger partial charge in [-0.3, -0.25) is 14.4 Å². The standard InChI is InChI=1S/C37H62O8.C37H62O6.C36H58O7/c1-21(2)10-9-14-37(8,45-32-31(43)30(42)29(41)25(20-39)44-32)23-12-16-36(7)28(23)24(40)18-27-34(5)15-11-22(19-38)33(3,4)26(34)13-17-35(27,36)6;1-21(2)11-10-15-37(9,43-25-19-22(3)30(40)32(42)31(25)41)23-12-17-36(8)29(23)24(38)20-27-34(6)16-14-28(39)33(4,5)26(34)13-18-35(27,36)7;1-21(2)11-9-16-36(8,43-31-30(41)29(40)28(39)24(20-37)42-31)22-12-17-35(7)27(22)23(38)19-26-33(5)15-10-14-32(3,4)25(33)13-18-34(26,35)6/h10,22-23,25-32,38-39,41-43H,9,11-20H2,1-8H3;11,22-23,25-32,39-42H,10,12-20H2,1-9H3;10-11,14,22,24-31,37,39-41H,9,12-13,15-20H2,1-8H3/t22-,23?,25?,26?,27?,28?,29-,30+,31?,32+,34+,35-,36-,37+;22?,23?,25-,26?,27?,28+,29?,30+,31?,32+,34+,35-,36-,37+;22?,24?,25?,26?,27?,28-,29+,30?,31+,33+,34-,35-,36+/m111/s1. The lowest BCUT2D eigenvalue weighted by Gasteiger charge is -2.69. The van der Waals surface area contributed by atoms with E-state index in [1.807, 2.05) is 20.8 Å². The second-order valence-electron chi connectivity index (χ2n) is 51.7. The van der Waals surface area contributed by atoms with Gasteiger partial charge in [0.05, 0.1) is 48.3 Å². The Morgan fingerprint density at radius 3 is 1.11 bits per heavy atom. The number of hydrogen-bond acceptors (Lipinski definition) is 21. The van der Waals surface area contributed by atoms with Gasteiger partial charge in [-0.15, -0.1) is 0 Å². The number of ether oxygens (including phenoxy) is 5. The summed E-state index contributed by atoms with van der Waals surface area (Å²) in [6, 6.07) is 0. The number of aliphatic hydroxyl groups is 13. The van der Waals surface area contributed by atoms with Gasteiger partial charge in [-0.1, -0.05) is 158 Å². The Balaban J connectivity index is 0.000000167. The summed E-state index contributed by atoms with van der Waals surface area (Å²) in [5.41, 5.74) is 0.849. The summed E-state index contributed by atoms with van der Waals surface area (Å²) in [4.78, 5) is 43.9. The zero-order chi connectivity index (χ0) is 97.0. The van der Waals surface area contributed by atoms with Crippen LogP contribution < -0.4 is 0 Å². The second-order valence-corrected chi connectivity index (χ2v) is 51.7. The summed E-state index contributed by atoms with van der Waals surface area (Å²) in [6.07, 6.45) is 17.0. The molecule has 12 saturated carbocycles. The molecule has 131 heavy (non-hydrogen) atoms. The molecule has 0 aromatic carbocycles. The fraction of sp³-hybridized carbons (Fsp3) is 0.900. The van der Waals surface area contributed by atoms with Crippen molar-refractivity contribution in [1.82, 2.24) is 0 Å². The summed E-state index contributed by atoms with van der Waals surface area (Å²) in [5.74, 6) is 2.78. The Labute approximate surface area is 787 Å². The largest absolute Gasteiger partial charge is 0.396 e. The lowest BCUT2D eigenvalue weighted by Crippen LogP contribution is -2.66. The highest BCUT2D eigenvalue weighted by molar-refractivity contribution is 5.86. The van der Waals surface area contributed by atoms with Crippen LogP contribution in [0.3, 0.4) is 0 Å². The van der Waals surface area contributed by atoms with Crippen LogP contribution in [-0.2, 0) is 38.1 Å². The quantitative estimate of drug-likeness (QED) is 0.0475. The molecule has 13 aliphatic carbocycles. The van der Waals surface area contributed by atoms with Gasteiger partial charge >= 0.3 is 0 Å². The van der Waals surface area contributed by atoms with Gasteiger partial charge < -0.3 is 90.1 Å². The van der Waals surface area contributed by atoms with E-state index in [-0.39, 0.29) is 125 Å². The SMILES string of the molecule is CC(C)=CCC[C@](C)(O[C@@H]1CC(C)[C@H](O)[C@H](O)C1O)C1CC[C@]2(C)C1C(=O)CC1[C@@]3(C)CC[C@H](O)C(C)(C)C3CC[C@]12C.CC(C)=CCC[C@](C)(O[C@@H]1OC(CO)[C@@H](O)[C@H](O)C1O)C1CC[C@]2(C)C1C(=O)CC1[C@@]3(C)CC=CC(C)(C)C3CC[C@]12C.CC(C)=CCC[C@](C)(O[C@@H]1OC(CO)[C@@H](O)[C@H](O)C1O)C1CC[C@]2(C)C1C(=O)CC1[C@@]3(C)CC[C@H](CO)C(C)(C)C3CC[C@]12C. The van der Waals surface area contributed by atoms with E-state index < -0.39 is 116 Å². The van der Waals surface area contributed by atoms with Crippen molar-refractivity contribution in [2.75, 3.05) is 19.8 Å². The molecule has 13 N–H and O–H groups in total. The van der Waals surface area contributed by atoms with E-state index in [0.29, 0.717) is 91.4 Å². The lowest BCUT2D eigenvalue weighted by molar-refractivity contribution is -0.333. The molecule has 15 rings (SSSR count). The molecule has 0 radical (unpaired) electrons. The van der Waals surface area contributed by atoms with Crippen molar-refractivity contribution in [2.45, 2.75) is 455 Å². The van der Waals surface area contributed by atoms with Gasteiger partial charge in [-0.05, 0) is 346 Å². The normalized spacial score (nSPS) is 49.4. The van der Waals surface area contributed by atoms with Crippen LogP contribution in [0.5, 0.6) is 0 Å². The van der Waals surface area contributed by atoms with Gasteiger partial charge in [0.15, 0.2) is 12.6 Å². The van der Waals surface area contributed by atoms with Crippen LogP contribution in [0.1, 0.15) is 346 Å². The van der Waals surface area contributed by atoms with Crippen LogP contribution in [0.2, 0.25) is 0 Å². The van der Waals surface area contributed by atoms with Crippen LogP contribution >= 0.6 is 0 Å². The summed E-state index contributed by atoms with van der Waals surface area (Å²) in [6.45, 7) is 55.6. The third kappa shape index (κ3) is 17.4. The molecule has 41 atom stereocenters. The van der Waals surface area contributed by atoms with Crippen LogP contribution in [0, 0.1) is 148 Å². The molecule has 21 nitrogen and oxygen atoms in total. The molecule has 14 fully saturated rings. The zero-order valence-corrected chi connectivity index (χ0v) is 85.4. The minimum Gasteiger partial charge on any atom is -0.396 e. The molecule has 0 aromatic heterocycles. The molecule has 2 heterocycles. The molecular formula is C110H182O21. The van der Waals surface area contributed by atoms with Gasteiger partial charge in [0, 0.05) is 43.6 Å². The van der Waals surface area contributed by atoms with Gasteiger partial charge in [-0.25, -0.2) is 0 Å². The Bertz CT molecular complexity index is 4170. The topological polar surface area (TPSA) is 360 Å². The number of rotatable bonds is 21. The van der Waals surface area contributed by atoms with E-state index in [1.165, 1.54) is 23.1 Å². The van der Waals surface area contributed by atoms with E-state index >= 15 is 0 Å². The average Bonchev–Trinajstić information content (AvgIpc) is 1.62. The van der Waals surface area contributed by atoms with Gasteiger partial charge in [0.25, 0.3) is 0 Å². The van der Waals surface area contributed by atoms with Crippen molar-refractivity contribution in [1.29, 1.82) is 0 Å². The highest BCUT2D eigenvalue weighted by atomic mass is 16.7. The molecule has 2 saturated heterocycles. The zero-order valence-electron chi connectivity index (χ0n) is 85.4. The second kappa shape index (κ2) is 37.6. The summed E-state index contributed by atoms with van der Waals surface area (Å²) in [7, 11) is 0. The fourth-order valence-corrected chi connectivity index (χ4v) is 35.0. The third-order valence-electron chi connectivity index (χ3n) is 43.3. The van der Waals surface area contributed by atoms with E-state index in [9.17, 15) is 80.8 Å². The number of ketones is 3. The van der Waals surface area contributed by atoms with Crippen molar-refractivity contribution >= 4 is 17.3 Å². The Morgan fingerprint density at radius 2 is 0.733 bits per heavy atom. The van der Waals surface area contributed by atoms with Crippen molar-refractivity contribution in [2.24, 2.45) is 148 Å². The van der Waals surface area contributed by atoms with E-state index in [1.54, 1.807) is 0 Å².